The third-order valence-corrected chi connectivity index (χ3v) is 8.67. The smallest absolute Gasteiger partial charge is 0.417 e. The first-order valence-electron chi connectivity index (χ1n) is 18.7. The molecule has 2 atom stereocenters. The number of alkyl carbamates (subject to hydrolysis) is 2. The maximum Gasteiger partial charge on any atom is 0.417 e. The molecule has 308 valence electrons. The molecule has 17 heteroatoms. The van der Waals surface area contributed by atoms with Crippen LogP contribution in [0.4, 0.5) is 36.2 Å². The third-order valence-electron chi connectivity index (χ3n) is 8.67. The van der Waals surface area contributed by atoms with Gasteiger partial charge in [-0.2, -0.15) is 0 Å². The number of carbonyl (C=O) groups is 4. The Hall–Kier alpha value is -7.11. The van der Waals surface area contributed by atoms with E-state index in [1.165, 1.54) is 13.5 Å². The van der Waals surface area contributed by atoms with Gasteiger partial charge < -0.3 is 54.1 Å². The van der Waals surface area contributed by atoms with Gasteiger partial charge in [0.25, 0.3) is 0 Å². The summed E-state index contributed by atoms with van der Waals surface area (Å²) in [5.74, 6) is 1.56. The molecule has 0 unspecified atom stereocenters. The number of carbonyl (C=O) groups excluding carboxylic acids is 4. The normalized spacial score (nSPS) is 15.4. The maximum atomic E-state index is 12.5. The van der Waals surface area contributed by atoms with E-state index in [2.05, 4.69) is 31.6 Å². The molecule has 5 amide bonds. The Kier molecular flexibility index (Phi) is 15.1. The SMILES string of the molecule is COc1cc(NC(=O)Nc2cccc(CNC(=O)O[C@H]3CCOC3)c2)ccc1-c1cnco1.O=C(Nc1cccc(CNC(=O)O[C@H]2CCOC2)c1)Oc1ccccc1. The van der Waals surface area contributed by atoms with Gasteiger partial charge in [-0.3, -0.25) is 5.32 Å². The zero-order valence-corrected chi connectivity index (χ0v) is 32.1. The number of nitrogens with zero attached hydrogens (tertiary/aromatic N) is 1. The number of nitrogens with one attached hydrogen (secondary N) is 5. The zero-order chi connectivity index (χ0) is 41.2. The predicted molar refractivity (Wildman–Crippen MR) is 215 cm³/mol. The molecule has 0 bridgehead atoms. The number of aromatic nitrogens is 1. The highest BCUT2D eigenvalue weighted by Gasteiger charge is 2.21. The molecule has 17 nitrogen and oxygen atoms in total. The van der Waals surface area contributed by atoms with Gasteiger partial charge in [-0.05, 0) is 59.7 Å². The first-order chi connectivity index (χ1) is 28.8. The average molecular weight is 809 g/mol. The summed E-state index contributed by atoms with van der Waals surface area (Å²) in [6.45, 7) is 2.64. The van der Waals surface area contributed by atoms with Crippen LogP contribution in [-0.2, 0) is 32.0 Å². The summed E-state index contributed by atoms with van der Waals surface area (Å²) in [6.07, 6.45) is 2.40. The monoisotopic (exact) mass is 808 g/mol. The standard InChI is InChI=1S/C23H24N4O6.C19H20N2O5/c1-30-20-10-17(5-6-19(20)21-12-24-14-32-21)27-22(28)26-16-4-2-3-15(9-16)11-25-23(29)33-18-7-8-31-13-18;22-18(26-17-9-10-24-13-17)20-12-14-5-4-6-15(11-14)21-19(23)25-16-7-2-1-3-8-16/h2-6,9-10,12,14,18H,7-8,11,13H2,1H3,(H,25,29)(H2,26,27,28);1-8,11,17H,9-10,12-13H2,(H,20,22)(H,21,23)/t18-;17-/m00/s1. The van der Waals surface area contributed by atoms with Crippen LogP contribution in [0.15, 0.2) is 114 Å². The van der Waals surface area contributed by atoms with E-state index in [4.69, 9.17) is 32.8 Å². The number of amides is 5. The van der Waals surface area contributed by atoms with E-state index in [0.29, 0.717) is 67.2 Å². The van der Waals surface area contributed by atoms with Crippen LogP contribution in [0.5, 0.6) is 11.5 Å². The number of hydrogen-bond acceptors (Lipinski definition) is 12. The second-order valence-electron chi connectivity index (χ2n) is 13.1. The summed E-state index contributed by atoms with van der Waals surface area (Å²) in [4.78, 5) is 52.0. The van der Waals surface area contributed by atoms with Gasteiger partial charge in [0.1, 0.15) is 23.7 Å². The molecule has 5 N–H and O–H groups in total. The number of anilines is 3. The van der Waals surface area contributed by atoms with Crippen LogP contribution >= 0.6 is 0 Å². The third kappa shape index (κ3) is 13.5. The average Bonchev–Trinajstić information content (AvgIpc) is 4.06. The van der Waals surface area contributed by atoms with Crippen LogP contribution in [0.3, 0.4) is 0 Å². The van der Waals surface area contributed by atoms with Gasteiger partial charge >= 0.3 is 24.3 Å². The molecule has 4 aromatic carbocycles. The topological polar surface area (TPSA) is 210 Å². The van der Waals surface area contributed by atoms with Crippen molar-refractivity contribution >= 4 is 41.4 Å². The van der Waals surface area contributed by atoms with Gasteiger partial charge in [0.15, 0.2) is 12.2 Å². The summed E-state index contributed by atoms with van der Waals surface area (Å²) >= 11 is 0. The number of rotatable bonds is 12. The van der Waals surface area contributed by atoms with Crippen molar-refractivity contribution in [1.29, 1.82) is 0 Å². The van der Waals surface area contributed by atoms with Gasteiger partial charge in [-0.25, -0.2) is 24.2 Å². The van der Waals surface area contributed by atoms with Crippen molar-refractivity contribution in [1.82, 2.24) is 15.6 Å². The second-order valence-corrected chi connectivity index (χ2v) is 13.1. The van der Waals surface area contributed by atoms with Crippen LogP contribution in [0.2, 0.25) is 0 Å². The molecular weight excluding hydrogens is 764 g/mol. The van der Waals surface area contributed by atoms with Gasteiger partial charge in [-0.15, -0.1) is 0 Å². The molecule has 5 aromatic rings. The van der Waals surface area contributed by atoms with E-state index in [1.54, 1.807) is 85.1 Å². The van der Waals surface area contributed by atoms with Crippen molar-refractivity contribution in [2.45, 2.75) is 38.1 Å². The van der Waals surface area contributed by atoms with Crippen LogP contribution in [-0.4, -0.2) is 75.0 Å². The molecule has 2 aliphatic rings. The quantitative estimate of drug-likeness (QED) is 0.0840. The lowest BCUT2D eigenvalue weighted by molar-refractivity contribution is 0.0824. The summed E-state index contributed by atoms with van der Waals surface area (Å²) in [7, 11) is 1.54. The van der Waals surface area contributed by atoms with E-state index in [9.17, 15) is 19.2 Å². The number of hydrogen-bond donors (Lipinski definition) is 5. The second kappa shape index (κ2) is 21.4. The van der Waals surface area contributed by atoms with Crippen LogP contribution in [0, 0.1) is 0 Å². The molecule has 0 spiro atoms. The summed E-state index contributed by atoms with van der Waals surface area (Å²) in [5, 5.41) is 13.6. The molecule has 0 radical (unpaired) electrons. The Labute approximate surface area is 339 Å². The number of oxazole rings is 1. The first kappa shape index (κ1) is 41.5. The van der Waals surface area contributed by atoms with Crippen LogP contribution in [0.1, 0.15) is 24.0 Å². The van der Waals surface area contributed by atoms with E-state index >= 15 is 0 Å². The number of urea groups is 1. The molecule has 3 heterocycles. The first-order valence-corrected chi connectivity index (χ1v) is 18.7. The van der Waals surface area contributed by atoms with Gasteiger partial charge in [-0.1, -0.05) is 42.5 Å². The summed E-state index contributed by atoms with van der Waals surface area (Å²) in [6, 6.07) is 27.9. The molecule has 2 aliphatic heterocycles. The Morgan fingerprint density at radius 1 is 0.678 bits per heavy atom. The Morgan fingerprint density at radius 3 is 1.81 bits per heavy atom. The Morgan fingerprint density at radius 2 is 1.27 bits per heavy atom. The number of benzene rings is 4. The predicted octanol–water partition coefficient (Wildman–Crippen LogP) is 7.32. The fraction of sp³-hybridized carbons (Fsp3) is 0.262. The molecule has 0 saturated carbocycles. The Balaban J connectivity index is 0.000000204. The van der Waals surface area contributed by atoms with Crippen molar-refractivity contribution in [3.05, 3.63) is 121 Å². The van der Waals surface area contributed by atoms with Crippen molar-refractivity contribution in [2.75, 3.05) is 49.5 Å². The minimum Gasteiger partial charge on any atom is -0.496 e. The minimum atomic E-state index is -0.582. The fourth-order valence-corrected chi connectivity index (χ4v) is 5.82. The zero-order valence-electron chi connectivity index (χ0n) is 32.1. The van der Waals surface area contributed by atoms with Crippen LogP contribution in [0.25, 0.3) is 11.3 Å². The molecular formula is C42H44N6O11. The van der Waals surface area contributed by atoms with Crippen molar-refractivity contribution in [2.24, 2.45) is 0 Å². The van der Waals surface area contributed by atoms with Gasteiger partial charge in [0, 0.05) is 49.1 Å². The molecule has 7 rings (SSSR count). The van der Waals surface area contributed by atoms with E-state index in [-0.39, 0.29) is 25.3 Å². The largest absolute Gasteiger partial charge is 0.496 e. The van der Waals surface area contributed by atoms with Crippen molar-refractivity contribution < 1.29 is 52.0 Å². The molecule has 0 aliphatic carbocycles. The summed E-state index contributed by atoms with van der Waals surface area (Å²) < 4.78 is 36.7. The highest BCUT2D eigenvalue weighted by Crippen LogP contribution is 2.32. The lowest BCUT2D eigenvalue weighted by Crippen LogP contribution is -2.28. The number of methoxy groups -OCH3 is 1. The van der Waals surface area contributed by atoms with E-state index in [0.717, 1.165) is 23.1 Å². The van der Waals surface area contributed by atoms with Crippen molar-refractivity contribution in [3.63, 3.8) is 0 Å². The highest BCUT2D eigenvalue weighted by atomic mass is 16.6. The van der Waals surface area contributed by atoms with E-state index in [1.807, 2.05) is 18.2 Å². The molecule has 59 heavy (non-hydrogen) atoms. The number of para-hydroxylation sites is 1. The van der Waals surface area contributed by atoms with Crippen molar-refractivity contribution in [3.8, 4) is 22.8 Å². The molecule has 2 saturated heterocycles. The lowest BCUT2D eigenvalue weighted by Gasteiger charge is -2.13. The van der Waals surface area contributed by atoms with Crippen LogP contribution < -0.4 is 36.1 Å². The minimum absolute atomic E-state index is 0.184. The maximum absolute atomic E-state index is 12.5. The van der Waals surface area contributed by atoms with Gasteiger partial charge in [0.05, 0.1) is 45.3 Å². The lowest BCUT2D eigenvalue weighted by atomic mass is 10.1. The molecule has 1 aromatic heterocycles. The fourth-order valence-electron chi connectivity index (χ4n) is 5.82. The van der Waals surface area contributed by atoms with Gasteiger partial charge in [0.2, 0.25) is 0 Å². The Bertz CT molecular complexity index is 2140. The molecule has 2 fully saturated rings. The van der Waals surface area contributed by atoms with E-state index < -0.39 is 24.3 Å². The number of ether oxygens (including phenoxy) is 6. The summed E-state index contributed by atoms with van der Waals surface area (Å²) in [5.41, 5.74) is 4.05. The highest BCUT2D eigenvalue weighted by molar-refractivity contribution is 6.00.